The third-order valence-corrected chi connectivity index (χ3v) is 27.0. The van der Waals surface area contributed by atoms with E-state index in [1.165, 1.54) is 116 Å². The van der Waals surface area contributed by atoms with Crippen LogP contribution in [0.1, 0.15) is 339 Å². The van der Waals surface area contributed by atoms with E-state index in [0.717, 1.165) is 136 Å². The normalized spacial score (nSPS) is 39.4. The Morgan fingerprint density at radius 3 is 1.26 bits per heavy atom. The first-order valence-corrected chi connectivity index (χ1v) is 36.8. The fraction of sp³-hybridized carbons (Fsp3) is 0.987. The summed E-state index contributed by atoms with van der Waals surface area (Å²) in [5, 5.41) is 0. The number of Topliss-reactive ketones (excluding diaryl/α,β-unsaturated/α-hetero) is 1. The van der Waals surface area contributed by atoms with Gasteiger partial charge in [0.2, 0.25) is 0 Å². The van der Waals surface area contributed by atoms with Crippen molar-refractivity contribution in [3.63, 3.8) is 0 Å². The molecule has 81 heavy (non-hydrogen) atoms. The molecule has 0 aromatic rings. The van der Waals surface area contributed by atoms with Crippen molar-refractivity contribution in [1.82, 2.24) is 0 Å². The van der Waals surface area contributed by atoms with E-state index in [9.17, 15) is 4.79 Å². The van der Waals surface area contributed by atoms with E-state index in [0.29, 0.717) is 46.1 Å². The summed E-state index contributed by atoms with van der Waals surface area (Å²) in [6.07, 6.45) is 41.5. The Hall–Kier alpha value is -0.370. The second kappa shape index (κ2) is 28.9. The molecule has 9 unspecified atom stereocenters. The highest BCUT2D eigenvalue weighted by Crippen LogP contribution is 2.76. The van der Waals surface area contributed by atoms with Gasteiger partial charge in [-0.05, 0) is 306 Å². The molecule has 474 valence electrons. The summed E-state index contributed by atoms with van der Waals surface area (Å²) < 4.78 is 5.75. The molecule has 0 aromatic carbocycles. The van der Waals surface area contributed by atoms with Crippen LogP contribution in [0.3, 0.4) is 0 Å². The van der Waals surface area contributed by atoms with Crippen LogP contribution in [-0.2, 0) is 9.53 Å². The van der Waals surface area contributed by atoms with Gasteiger partial charge in [0.15, 0.2) is 0 Å². The van der Waals surface area contributed by atoms with Crippen LogP contribution in [-0.4, -0.2) is 18.0 Å². The summed E-state index contributed by atoms with van der Waals surface area (Å²) in [6.45, 7) is 54.5. The predicted molar refractivity (Wildman–Crippen MR) is 354 cm³/mol. The largest absolute Gasteiger partial charge is 0.375 e. The molecule has 0 radical (unpaired) electrons. The molecule has 2 heterocycles. The maximum absolute atomic E-state index is 11.0. The molecule has 2 saturated heterocycles. The lowest BCUT2D eigenvalue weighted by Crippen LogP contribution is -2.62. The smallest absolute Gasteiger partial charge is 0.136 e. The summed E-state index contributed by atoms with van der Waals surface area (Å²) in [7, 11) is 0. The van der Waals surface area contributed by atoms with E-state index in [-0.39, 0.29) is 0 Å². The summed E-state index contributed by atoms with van der Waals surface area (Å²) in [5.41, 5.74) is 4.42. The van der Waals surface area contributed by atoms with E-state index in [4.69, 9.17) is 4.74 Å². The minimum atomic E-state index is 0.394. The second-order valence-corrected chi connectivity index (χ2v) is 37.3. The standard InChI is InChI=1S/C13H24.C12H24.2C10H18.C9H16O.C9H16.C8H14O.C8H16/c1-9(2)12-10-5-6-11(12)8-13(3,4)7-10;1-10(2)12(5)8-6-11(3,4)7-9-12;1-7(2)10-5-8-3-4-9(8)6-10;1-8(2)9-4-3-5-10(9)6-7-10;1-6(2)8-5-7-3-4-9(8)10-7;1-7(2)9-4-8(3,5-9)6-9;1-6(2)7-4-3-5-8(7)9;1-6(2)8-4-7(3)5-8/h9-12H,5-8H2,1-4H3;10H,6-9H2,1-5H3;7-10H,3-6H2,1-2H3;8-9H,3-7H2,1-2H3;6-9H,3-5H2,1-2H3;7H,4-6H2,1-3H3;6-7H,3-5H2,1-2H3;6-8H,4-5H2,1-3H3. The Balaban J connectivity index is 0.000000150. The van der Waals surface area contributed by atoms with Crippen molar-refractivity contribution in [3.05, 3.63) is 0 Å². The fourth-order valence-electron chi connectivity index (χ4n) is 20.4. The van der Waals surface area contributed by atoms with E-state index >= 15 is 0 Å². The Labute approximate surface area is 508 Å². The molecule has 0 N–H and O–H groups in total. The van der Waals surface area contributed by atoms with Crippen LogP contribution in [0.15, 0.2) is 0 Å². The minimum absolute atomic E-state index is 0.394. The van der Waals surface area contributed by atoms with Crippen LogP contribution in [0.2, 0.25) is 0 Å². The third-order valence-electron chi connectivity index (χ3n) is 27.0. The van der Waals surface area contributed by atoms with Crippen molar-refractivity contribution in [2.75, 3.05) is 0 Å². The Morgan fingerprint density at radius 1 is 0.457 bits per heavy atom. The monoisotopic (exact) mass is 1130 g/mol. The van der Waals surface area contributed by atoms with Gasteiger partial charge >= 0.3 is 0 Å². The average molecular weight is 1130 g/mol. The number of rotatable bonds is 8. The molecule has 2 nitrogen and oxygen atoms in total. The first-order chi connectivity index (χ1) is 37.6. The number of carbonyl (C=O) groups is 1. The van der Waals surface area contributed by atoms with Crippen LogP contribution in [0, 0.1) is 145 Å². The zero-order chi connectivity index (χ0) is 60.2. The van der Waals surface area contributed by atoms with Gasteiger partial charge in [0.05, 0.1) is 12.2 Å². The van der Waals surface area contributed by atoms with Crippen LogP contribution >= 0.6 is 0 Å². The number of carbonyl (C=O) groups excluding carboxylic acids is 1. The van der Waals surface area contributed by atoms with Crippen molar-refractivity contribution in [2.24, 2.45) is 145 Å². The fourth-order valence-corrected chi connectivity index (χ4v) is 20.4. The number of fused-ring (bicyclic) bond motifs is 5. The van der Waals surface area contributed by atoms with E-state index in [1.54, 1.807) is 44.9 Å². The first-order valence-electron chi connectivity index (χ1n) is 36.8. The zero-order valence-corrected chi connectivity index (χ0v) is 59.2. The summed E-state index contributed by atoms with van der Waals surface area (Å²) in [6, 6.07) is 0. The van der Waals surface area contributed by atoms with Gasteiger partial charge < -0.3 is 4.74 Å². The van der Waals surface area contributed by atoms with Gasteiger partial charge in [-0.3, -0.25) is 4.79 Å². The highest BCUT2D eigenvalue weighted by molar-refractivity contribution is 5.83. The molecular weight excluding hydrogens is 981 g/mol. The van der Waals surface area contributed by atoms with Crippen molar-refractivity contribution < 1.29 is 9.53 Å². The molecule has 0 aromatic heterocycles. The van der Waals surface area contributed by atoms with Crippen molar-refractivity contribution in [2.45, 2.75) is 351 Å². The van der Waals surface area contributed by atoms with Crippen molar-refractivity contribution in [3.8, 4) is 0 Å². The lowest BCUT2D eigenvalue weighted by Gasteiger charge is -2.72. The molecule has 12 saturated carbocycles. The molecular formula is C79H146O2. The number of ether oxygens (including phenoxy) is 1. The summed E-state index contributed by atoms with van der Waals surface area (Å²) >= 11 is 0. The Morgan fingerprint density at radius 2 is 0.975 bits per heavy atom. The minimum Gasteiger partial charge on any atom is -0.375 e. The van der Waals surface area contributed by atoms with Gasteiger partial charge in [-0.15, -0.1) is 0 Å². The molecule has 12 aliphatic carbocycles. The Bertz CT molecular complexity index is 1800. The molecule has 9 atom stereocenters. The topological polar surface area (TPSA) is 26.3 Å². The molecule has 14 rings (SSSR count). The first kappa shape index (κ1) is 69.7. The van der Waals surface area contributed by atoms with Crippen LogP contribution in [0.25, 0.3) is 0 Å². The van der Waals surface area contributed by atoms with Crippen LogP contribution in [0.4, 0.5) is 0 Å². The van der Waals surface area contributed by atoms with Gasteiger partial charge in [0.1, 0.15) is 5.78 Å². The lowest BCUT2D eigenvalue weighted by molar-refractivity contribution is -0.217. The van der Waals surface area contributed by atoms with Gasteiger partial charge in [-0.2, -0.15) is 0 Å². The highest BCUT2D eigenvalue weighted by Gasteiger charge is 2.65. The van der Waals surface area contributed by atoms with Gasteiger partial charge in [0.25, 0.3) is 0 Å². The van der Waals surface area contributed by atoms with Gasteiger partial charge in [0, 0.05) is 12.3 Å². The summed E-state index contributed by atoms with van der Waals surface area (Å²) in [4.78, 5) is 11.0. The SMILES string of the molecule is CC(C)C1(C)CCC(C)(C)CC1.CC(C)C12CC(C)(C1)C2.CC(C)C1C2CCC1CC(C)(C)C2.CC(C)C1CC2CCC1O2.CC(C)C1CC2CCC2C1.CC(C)C1CCCC12CC2.CC(C)C1CCCC1=O.CC1CC(C(C)C)C1. The zero-order valence-electron chi connectivity index (χ0n) is 59.2. The molecule has 1 spiro atoms. The highest BCUT2D eigenvalue weighted by atomic mass is 16.5. The van der Waals surface area contributed by atoms with Crippen molar-refractivity contribution in [1.29, 1.82) is 0 Å². The lowest BCUT2D eigenvalue weighted by atomic mass is 9.33. The van der Waals surface area contributed by atoms with Crippen LogP contribution in [0.5, 0.6) is 0 Å². The van der Waals surface area contributed by atoms with Crippen LogP contribution < -0.4 is 0 Å². The van der Waals surface area contributed by atoms with E-state index in [2.05, 4.69) is 159 Å². The molecule has 2 heteroatoms. The quantitative estimate of drug-likeness (QED) is 0.242. The molecule has 14 aliphatic rings. The molecule has 14 fully saturated rings. The van der Waals surface area contributed by atoms with E-state index < -0.39 is 0 Å². The third kappa shape index (κ3) is 18.6. The number of hydrogen-bond acceptors (Lipinski definition) is 2. The average Bonchev–Trinajstić information content (AvgIpc) is 4.20. The molecule has 2 aliphatic heterocycles. The maximum atomic E-state index is 11.0. The van der Waals surface area contributed by atoms with E-state index in [1.807, 2.05) is 0 Å². The summed E-state index contributed by atoms with van der Waals surface area (Å²) in [5.74, 6) is 18.5. The number of hydrogen-bond donors (Lipinski definition) is 0. The molecule has 6 bridgehead atoms. The molecule has 0 amide bonds. The Kier molecular flexibility index (Phi) is 24.8. The van der Waals surface area contributed by atoms with Gasteiger partial charge in [-0.1, -0.05) is 166 Å². The second-order valence-electron chi connectivity index (χ2n) is 37.3. The van der Waals surface area contributed by atoms with Crippen molar-refractivity contribution >= 4 is 5.78 Å². The number of ketones is 1. The van der Waals surface area contributed by atoms with Gasteiger partial charge in [-0.25, -0.2) is 0 Å². The predicted octanol–water partition coefficient (Wildman–Crippen LogP) is 24.4. The maximum Gasteiger partial charge on any atom is 0.136 e.